The van der Waals surface area contributed by atoms with E-state index in [1.807, 2.05) is 0 Å². The van der Waals surface area contributed by atoms with Gasteiger partial charge in [-0.05, 0) is 37.5 Å². The lowest BCUT2D eigenvalue weighted by atomic mass is 9.76. The van der Waals surface area contributed by atoms with Gasteiger partial charge >= 0.3 is 0 Å². The maximum Gasteiger partial charge on any atom is 0.0568 e. The van der Waals surface area contributed by atoms with Crippen LogP contribution in [0.1, 0.15) is 78.1 Å². The summed E-state index contributed by atoms with van der Waals surface area (Å²) in [6.45, 7) is 4.55. The molecule has 16 heavy (non-hydrogen) atoms. The predicted molar refractivity (Wildman–Crippen MR) is 70.5 cm³/mol. The maximum atomic E-state index is 9.98. The van der Waals surface area contributed by atoms with Crippen molar-refractivity contribution < 1.29 is 5.11 Å². The van der Waals surface area contributed by atoms with Gasteiger partial charge in [-0.2, -0.15) is 0 Å². The molecule has 0 bridgehead atoms. The van der Waals surface area contributed by atoms with Crippen LogP contribution in [0.2, 0.25) is 0 Å². The summed E-state index contributed by atoms with van der Waals surface area (Å²) in [5.74, 6) is 1.50. The van der Waals surface area contributed by atoms with Gasteiger partial charge in [-0.1, -0.05) is 52.4 Å². The predicted octanol–water partition coefficient (Wildman–Crippen LogP) is 4.53. The molecular weight excluding hydrogens is 196 g/mol. The number of aliphatic hydroxyl groups is 1. The van der Waals surface area contributed by atoms with Crippen LogP contribution in [-0.2, 0) is 0 Å². The lowest BCUT2D eigenvalue weighted by Gasteiger charge is -2.33. The molecule has 0 amide bonds. The van der Waals surface area contributed by atoms with Gasteiger partial charge in [0.15, 0.2) is 0 Å². The minimum atomic E-state index is 0.00831. The molecule has 1 nitrogen and oxygen atoms in total. The van der Waals surface area contributed by atoms with Gasteiger partial charge in [-0.15, -0.1) is 0 Å². The molecule has 0 aromatic heterocycles. The van der Waals surface area contributed by atoms with E-state index in [0.717, 1.165) is 12.3 Å². The van der Waals surface area contributed by atoms with Gasteiger partial charge < -0.3 is 5.11 Å². The van der Waals surface area contributed by atoms with Crippen LogP contribution in [0.4, 0.5) is 0 Å². The van der Waals surface area contributed by atoms with Crippen LogP contribution in [0.3, 0.4) is 0 Å². The molecule has 0 spiro atoms. The van der Waals surface area contributed by atoms with E-state index < -0.39 is 0 Å². The topological polar surface area (TPSA) is 20.2 Å². The van der Waals surface area contributed by atoms with Crippen molar-refractivity contribution >= 4 is 0 Å². The van der Waals surface area contributed by atoms with E-state index in [9.17, 15) is 5.11 Å². The fourth-order valence-corrected chi connectivity index (χ4v) is 3.04. The molecule has 1 aliphatic carbocycles. The first-order valence-corrected chi connectivity index (χ1v) is 7.46. The number of unbranched alkanes of at least 4 members (excludes halogenated alkanes) is 4. The summed E-state index contributed by atoms with van der Waals surface area (Å²) in [7, 11) is 0. The maximum absolute atomic E-state index is 9.98. The molecule has 1 rings (SSSR count). The monoisotopic (exact) mass is 226 g/mol. The van der Waals surface area contributed by atoms with E-state index in [-0.39, 0.29) is 6.10 Å². The van der Waals surface area contributed by atoms with Crippen LogP contribution in [0.5, 0.6) is 0 Å². The van der Waals surface area contributed by atoms with E-state index in [4.69, 9.17) is 0 Å². The van der Waals surface area contributed by atoms with Gasteiger partial charge in [-0.3, -0.25) is 0 Å². The Morgan fingerprint density at radius 3 is 2.44 bits per heavy atom. The Labute approximate surface area is 102 Å². The summed E-state index contributed by atoms with van der Waals surface area (Å²) in [6.07, 6.45) is 13.0. The van der Waals surface area contributed by atoms with E-state index in [0.29, 0.717) is 5.92 Å². The molecule has 0 saturated heterocycles. The van der Waals surface area contributed by atoms with E-state index in [1.54, 1.807) is 0 Å². The first-order chi connectivity index (χ1) is 7.77. The summed E-state index contributed by atoms with van der Waals surface area (Å²) in [5.41, 5.74) is 0. The molecule has 1 aliphatic rings. The van der Waals surface area contributed by atoms with Crippen molar-refractivity contribution in [2.45, 2.75) is 84.2 Å². The number of rotatable bonds is 7. The third-order valence-corrected chi connectivity index (χ3v) is 4.31. The number of aliphatic hydroxyl groups excluding tert-OH is 1. The Balaban J connectivity index is 2.13. The zero-order valence-corrected chi connectivity index (χ0v) is 11.3. The van der Waals surface area contributed by atoms with Crippen LogP contribution in [-0.4, -0.2) is 11.2 Å². The molecule has 1 heteroatoms. The highest BCUT2D eigenvalue weighted by atomic mass is 16.3. The fraction of sp³-hybridized carbons (Fsp3) is 1.00. The van der Waals surface area contributed by atoms with Crippen molar-refractivity contribution in [1.82, 2.24) is 0 Å². The lowest BCUT2D eigenvalue weighted by Crippen LogP contribution is -2.28. The van der Waals surface area contributed by atoms with Gasteiger partial charge in [0.2, 0.25) is 0 Å². The minimum Gasteiger partial charge on any atom is -0.393 e. The lowest BCUT2D eigenvalue weighted by molar-refractivity contribution is 0.0417. The van der Waals surface area contributed by atoms with Gasteiger partial charge in [0, 0.05) is 0 Å². The molecule has 1 fully saturated rings. The van der Waals surface area contributed by atoms with E-state index >= 15 is 0 Å². The number of hydrogen-bond acceptors (Lipinski definition) is 1. The average Bonchev–Trinajstić information content (AvgIpc) is 2.31. The molecule has 3 atom stereocenters. The van der Waals surface area contributed by atoms with Gasteiger partial charge in [0.1, 0.15) is 0 Å². The average molecular weight is 226 g/mol. The number of hydrogen-bond donors (Lipinski definition) is 1. The van der Waals surface area contributed by atoms with Crippen LogP contribution in [0, 0.1) is 11.8 Å². The van der Waals surface area contributed by atoms with Crippen molar-refractivity contribution in [3.63, 3.8) is 0 Å². The Morgan fingerprint density at radius 1 is 1.00 bits per heavy atom. The first kappa shape index (κ1) is 14.0. The van der Waals surface area contributed by atoms with E-state index in [1.165, 1.54) is 57.8 Å². The standard InChI is InChI=1S/C15H30O/c1-3-5-6-7-8-9-14-12-13(4-2)10-11-15(14)16/h13-16H,3-12H2,1-2H3. The second-order valence-electron chi connectivity index (χ2n) is 5.62. The molecule has 3 unspecified atom stereocenters. The SMILES string of the molecule is CCCCCCCC1CC(CC)CCC1O. The summed E-state index contributed by atoms with van der Waals surface area (Å²) >= 11 is 0. The second kappa shape index (κ2) is 8.11. The Morgan fingerprint density at radius 2 is 1.75 bits per heavy atom. The largest absolute Gasteiger partial charge is 0.393 e. The highest BCUT2D eigenvalue weighted by Crippen LogP contribution is 2.34. The summed E-state index contributed by atoms with van der Waals surface area (Å²) < 4.78 is 0. The minimum absolute atomic E-state index is 0.00831. The Bertz CT molecular complexity index is 167. The van der Waals surface area contributed by atoms with Crippen molar-refractivity contribution in [2.24, 2.45) is 11.8 Å². The third kappa shape index (κ3) is 4.86. The Hall–Kier alpha value is -0.0400. The third-order valence-electron chi connectivity index (χ3n) is 4.31. The molecule has 0 aromatic rings. The van der Waals surface area contributed by atoms with Crippen LogP contribution in [0.15, 0.2) is 0 Å². The summed E-state index contributed by atoms with van der Waals surface area (Å²) in [5, 5.41) is 9.98. The van der Waals surface area contributed by atoms with Crippen LogP contribution >= 0.6 is 0 Å². The summed E-state index contributed by atoms with van der Waals surface area (Å²) in [6, 6.07) is 0. The molecule has 1 N–H and O–H groups in total. The van der Waals surface area contributed by atoms with Crippen molar-refractivity contribution in [3.8, 4) is 0 Å². The Kier molecular flexibility index (Phi) is 7.11. The molecule has 1 saturated carbocycles. The van der Waals surface area contributed by atoms with Crippen LogP contribution < -0.4 is 0 Å². The fourth-order valence-electron chi connectivity index (χ4n) is 3.04. The van der Waals surface area contributed by atoms with E-state index in [2.05, 4.69) is 13.8 Å². The van der Waals surface area contributed by atoms with Gasteiger partial charge in [-0.25, -0.2) is 0 Å². The summed E-state index contributed by atoms with van der Waals surface area (Å²) in [4.78, 5) is 0. The molecule has 96 valence electrons. The first-order valence-electron chi connectivity index (χ1n) is 7.46. The van der Waals surface area contributed by atoms with Crippen molar-refractivity contribution in [2.75, 3.05) is 0 Å². The second-order valence-corrected chi connectivity index (χ2v) is 5.62. The smallest absolute Gasteiger partial charge is 0.0568 e. The van der Waals surface area contributed by atoms with Gasteiger partial charge in [0.05, 0.1) is 6.10 Å². The van der Waals surface area contributed by atoms with Crippen molar-refractivity contribution in [3.05, 3.63) is 0 Å². The molecule has 0 heterocycles. The molecular formula is C15H30O. The van der Waals surface area contributed by atoms with Crippen molar-refractivity contribution in [1.29, 1.82) is 0 Å². The quantitative estimate of drug-likeness (QED) is 0.632. The van der Waals surface area contributed by atoms with Crippen LogP contribution in [0.25, 0.3) is 0 Å². The zero-order chi connectivity index (χ0) is 11.8. The highest BCUT2D eigenvalue weighted by molar-refractivity contribution is 4.79. The zero-order valence-electron chi connectivity index (χ0n) is 11.3. The molecule has 0 aliphatic heterocycles. The van der Waals surface area contributed by atoms with Gasteiger partial charge in [0.25, 0.3) is 0 Å². The molecule has 0 aromatic carbocycles. The highest BCUT2D eigenvalue weighted by Gasteiger charge is 2.27. The normalized spacial score (nSPS) is 30.6. The molecule has 0 radical (unpaired) electrons.